The molecule has 0 bridgehead atoms. The van der Waals surface area contributed by atoms with Crippen LogP contribution >= 0.6 is 11.5 Å². The van der Waals surface area contributed by atoms with Crippen molar-refractivity contribution in [2.24, 2.45) is 0 Å². The molecular weight excluding hydrogens is 286 g/mol. The maximum atomic E-state index is 12.7. The summed E-state index contributed by atoms with van der Waals surface area (Å²) in [6.07, 6.45) is 4.09. The zero-order valence-corrected chi connectivity index (χ0v) is 13.3. The summed E-state index contributed by atoms with van der Waals surface area (Å²) >= 11 is 1.32. The van der Waals surface area contributed by atoms with Crippen LogP contribution in [0.15, 0.2) is 12.4 Å². The molecule has 7 heteroatoms. The van der Waals surface area contributed by atoms with Gasteiger partial charge >= 0.3 is 0 Å². The lowest BCUT2D eigenvalue weighted by Crippen LogP contribution is -2.46. The largest absolute Gasteiger partial charge is 0.316 e. The van der Waals surface area contributed by atoms with E-state index in [9.17, 15) is 4.79 Å². The fourth-order valence-corrected chi connectivity index (χ4v) is 3.28. The van der Waals surface area contributed by atoms with Crippen molar-refractivity contribution in [1.82, 2.24) is 19.6 Å². The Morgan fingerprint density at radius 2 is 2.19 bits per heavy atom. The van der Waals surface area contributed by atoms with Gasteiger partial charge in [0.1, 0.15) is 22.6 Å². The third kappa shape index (κ3) is 2.46. The number of amides is 1. The van der Waals surface area contributed by atoms with E-state index < -0.39 is 5.41 Å². The van der Waals surface area contributed by atoms with Crippen molar-refractivity contribution < 1.29 is 4.79 Å². The lowest BCUT2D eigenvalue weighted by atomic mass is 9.67. The van der Waals surface area contributed by atoms with E-state index in [1.807, 2.05) is 6.07 Å². The van der Waals surface area contributed by atoms with Gasteiger partial charge in [-0.1, -0.05) is 27.2 Å². The third-order valence-corrected chi connectivity index (χ3v) is 4.73. The van der Waals surface area contributed by atoms with Crippen LogP contribution in [0.2, 0.25) is 0 Å². The van der Waals surface area contributed by atoms with Crippen LogP contribution in [0.1, 0.15) is 51.6 Å². The predicted octanol–water partition coefficient (Wildman–Crippen LogP) is 2.62. The SMILES string of the molecule is CC(C)(C)c1cc(NC(=O)C2(c3ncn[nH]3)CCC2)sn1. The van der Waals surface area contributed by atoms with Crippen molar-refractivity contribution in [2.45, 2.75) is 50.9 Å². The van der Waals surface area contributed by atoms with Crippen LogP contribution in [0.4, 0.5) is 5.00 Å². The Bertz CT molecular complexity index is 637. The highest BCUT2D eigenvalue weighted by atomic mass is 32.1. The molecular formula is C14H19N5OS. The molecule has 2 heterocycles. The maximum Gasteiger partial charge on any atom is 0.238 e. The smallest absolute Gasteiger partial charge is 0.238 e. The number of rotatable bonds is 3. The summed E-state index contributed by atoms with van der Waals surface area (Å²) < 4.78 is 4.42. The Kier molecular flexibility index (Phi) is 3.32. The van der Waals surface area contributed by atoms with Crippen molar-refractivity contribution in [3.05, 3.63) is 23.9 Å². The number of carbonyl (C=O) groups excluding carboxylic acids is 1. The van der Waals surface area contributed by atoms with Crippen molar-refractivity contribution in [2.75, 3.05) is 5.32 Å². The van der Waals surface area contributed by atoms with Gasteiger partial charge in [-0.05, 0) is 30.4 Å². The molecule has 112 valence electrons. The summed E-state index contributed by atoms with van der Waals surface area (Å²) in [5.74, 6) is 0.640. The average Bonchev–Trinajstić information content (AvgIpc) is 2.97. The Hall–Kier alpha value is -1.76. The minimum Gasteiger partial charge on any atom is -0.316 e. The number of hydrogen-bond acceptors (Lipinski definition) is 5. The summed E-state index contributed by atoms with van der Waals surface area (Å²) in [5, 5.41) is 10.5. The van der Waals surface area contributed by atoms with Gasteiger partial charge in [0.05, 0.1) is 5.69 Å². The molecule has 0 aromatic carbocycles. The van der Waals surface area contributed by atoms with E-state index in [1.165, 1.54) is 17.9 Å². The first-order valence-corrected chi connectivity index (χ1v) is 7.84. The fraction of sp³-hybridized carbons (Fsp3) is 0.571. The van der Waals surface area contributed by atoms with Crippen molar-refractivity contribution in [3.63, 3.8) is 0 Å². The van der Waals surface area contributed by atoms with Gasteiger partial charge in [-0.15, -0.1) is 0 Å². The second-order valence-corrected chi connectivity index (χ2v) is 7.36. The summed E-state index contributed by atoms with van der Waals surface area (Å²) in [7, 11) is 0. The highest BCUT2D eigenvalue weighted by Crippen LogP contribution is 2.43. The van der Waals surface area contributed by atoms with E-state index >= 15 is 0 Å². The first-order valence-electron chi connectivity index (χ1n) is 7.06. The molecule has 0 radical (unpaired) electrons. The van der Waals surface area contributed by atoms with E-state index in [-0.39, 0.29) is 11.3 Å². The van der Waals surface area contributed by atoms with Crippen LogP contribution in [-0.4, -0.2) is 25.5 Å². The Balaban J connectivity index is 1.79. The van der Waals surface area contributed by atoms with Crippen LogP contribution in [0.3, 0.4) is 0 Å². The maximum absolute atomic E-state index is 12.7. The van der Waals surface area contributed by atoms with Crippen LogP contribution < -0.4 is 5.32 Å². The van der Waals surface area contributed by atoms with Crippen LogP contribution in [0.25, 0.3) is 0 Å². The second-order valence-electron chi connectivity index (χ2n) is 6.55. The molecule has 0 spiro atoms. The molecule has 1 fully saturated rings. The van der Waals surface area contributed by atoms with Crippen molar-refractivity contribution >= 4 is 22.4 Å². The number of nitrogens with one attached hydrogen (secondary N) is 2. The first-order chi connectivity index (χ1) is 9.92. The molecule has 6 nitrogen and oxygen atoms in total. The molecule has 1 aliphatic carbocycles. The fourth-order valence-electron chi connectivity index (χ4n) is 2.46. The molecule has 21 heavy (non-hydrogen) atoms. The average molecular weight is 305 g/mol. The Morgan fingerprint density at radius 3 is 2.67 bits per heavy atom. The number of aromatic amines is 1. The molecule has 0 aliphatic heterocycles. The minimum atomic E-state index is -0.553. The van der Waals surface area contributed by atoms with Gasteiger partial charge < -0.3 is 5.32 Å². The van der Waals surface area contributed by atoms with Crippen LogP contribution in [0.5, 0.6) is 0 Å². The monoisotopic (exact) mass is 305 g/mol. The van der Waals surface area contributed by atoms with Crippen molar-refractivity contribution in [3.8, 4) is 0 Å². The predicted molar refractivity (Wildman–Crippen MR) is 81.4 cm³/mol. The summed E-state index contributed by atoms with van der Waals surface area (Å²) in [6.45, 7) is 6.32. The topological polar surface area (TPSA) is 83.6 Å². The number of H-pyrrole nitrogens is 1. The van der Waals surface area contributed by atoms with Gasteiger partial charge in [-0.25, -0.2) is 4.98 Å². The van der Waals surface area contributed by atoms with Gasteiger partial charge in [-0.2, -0.15) is 9.47 Å². The second kappa shape index (κ2) is 4.91. The molecule has 1 saturated carbocycles. The summed E-state index contributed by atoms with van der Waals surface area (Å²) in [5.41, 5.74) is 0.422. The van der Waals surface area contributed by atoms with Gasteiger partial charge in [0, 0.05) is 5.41 Å². The molecule has 2 aromatic heterocycles. The molecule has 3 rings (SSSR count). The number of hydrogen-bond donors (Lipinski definition) is 2. The number of anilines is 1. The van der Waals surface area contributed by atoms with Crippen molar-refractivity contribution in [1.29, 1.82) is 0 Å². The molecule has 1 aliphatic rings. The summed E-state index contributed by atoms with van der Waals surface area (Å²) in [6, 6.07) is 1.95. The molecule has 2 aromatic rings. The van der Waals surface area contributed by atoms with Gasteiger partial charge in [-0.3, -0.25) is 9.89 Å². The van der Waals surface area contributed by atoms with E-state index in [4.69, 9.17) is 0 Å². The van der Waals surface area contributed by atoms with Crippen LogP contribution in [0, 0.1) is 0 Å². The Labute approximate surface area is 127 Å². The molecule has 1 amide bonds. The lowest BCUT2D eigenvalue weighted by molar-refractivity contribution is -0.124. The molecule has 0 unspecified atom stereocenters. The molecule has 2 N–H and O–H groups in total. The zero-order valence-electron chi connectivity index (χ0n) is 12.4. The quantitative estimate of drug-likeness (QED) is 0.913. The van der Waals surface area contributed by atoms with Gasteiger partial charge in [0.2, 0.25) is 5.91 Å². The Morgan fingerprint density at radius 1 is 1.43 bits per heavy atom. The summed E-state index contributed by atoms with van der Waals surface area (Å²) in [4.78, 5) is 16.8. The molecule has 0 atom stereocenters. The number of aromatic nitrogens is 4. The van der Waals surface area contributed by atoms with E-state index in [2.05, 4.69) is 45.6 Å². The van der Waals surface area contributed by atoms with Gasteiger partial charge in [0.25, 0.3) is 0 Å². The normalized spacial score (nSPS) is 17.3. The first kappa shape index (κ1) is 14.2. The zero-order chi connectivity index (χ0) is 15.1. The number of carbonyl (C=O) groups is 1. The lowest BCUT2D eigenvalue weighted by Gasteiger charge is -2.37. The highest BCUT2D eigenvalue weighted by molar-refractivity contribution is 7.10. The molecule has 0 saturated heterocycles. The van der Waals surface area contributed by atoms with E-state index in [0.717, 1.165) is 30.0 Å². The van der Waals surface area contributed by atoms with E-state index in [1.54, 1.807) is 0 Å². The minimum absolute atomic E-state index is 0.0153. The number of nitrogens with zero attached hydrogens (tertiary/aromatic N) is 3. The highest BCUT2D eigenvalue weighted by Gasteiger charge is 2.48. The third-order valence-electron chi connectivity index (χ3n) is 4.03. The standard InChI is InChI=1S/C14H19N5OS/c1-13(2,3)9-7-10(21-19-9)17-12(20)14(5-4-6-14)11-15-8-16-18-11/h7-8H,4-6H2,1-3H3,(H,17,20)(H,15,16,18). The van der Waals surface area contributed by atoms with Crippen LogP contribution in [-0.2, 0) is 15.6 Å². The van der Waals surface area contributed by atoms with E-state index in [0.29, 0.717) is 5.82 Å². The van der Waals surface area contributed by atoms with Gasteiger partial charge in [0.15, 0.2) is 0 Å².